The van der Waals surface area contributed by atoms with E-state index in [4.69, 9.17) is 5.11 Å². The molecule has 8 heteroatoms. The SMILES string of the molecule is O=S(CCCCCCCCCO)CCCC(F)(F)C(F)(F)F. The summed E-state index contributed by atoms with van der Waals surface area (Å²) in [5.74, 6) is -4.44. The summed E-state index contributed by atoms with van der Waals surface area (Å²) in [6, 6.07) is 0. The van der Waals surface area contributed by atoms with Crippen molar-refractivity contribution < 1.29 is 31.3 Å². The zero-order chi connectivity index (χ0) is 17.1. The Hall–Kier alpha value is -0.240. The van der Waals surface area contributed by atoms with Crippen LogP contribution in [-0.2, 0) is 10.8 Å². The fourth-order valence-corrected chi connectivity index (χ4v) is 3.15. The summed E-state index contributed by atoms with van der Waals surface area (Å²) in [5, 5.41) is 8.59. The Morgan fingerprint density at radius 1 is 0.727 bits per heavy atom. The van der Waals surface area contributed by atoms with Crippen LogP contribution in [-0.4, -0.2) is 39.5 Å². The van der Waals surface area contributed by atoms with Crippen molar-refractivity contribution in [3.63, 3.8) is 0 Å². The molecule has 1 N–H and O–H groups in total. The van der Waals surface area contributed by atoms with E-state index in [0.717, 1.165) is 38.5 Å². The van der Waals surface area contributed by atoms with Crippen molar-refractivity contribution >= 4 is 10.8 Å². The highest BCUT2D eigenvalue weighted by molar-refractivity contribution is 7.84. The van der Waals surface area contributed by atoms with Gasteiger partial charge in [-0.05, 0) is 19.3 Å². The largest absolute Gasteiger partial charge is 0.453 e. The van der Waals surface area contributed by atoms with Gasteiger partial charge in [-0.25, -0.2) is 0 Å². The van der Waals surface area contributed by atoms with Gasteiger partial charge < -0.3 is 5.11 Å². The van der Waals surface area contributed by atoms with E-state index in [9.17, 15) is 26.2 Å². The standard InChI is InChI=1S/C14H25F5O2S/c15-13(16,14(17,18)19)9-8-12-22(21)11-7-5-3-1-2-4-6-10-20/h20H,1-12H2. The van der Waals surface area contributed by atoms with Gasteiger partial charge in [0.05, 0.1) is 0 Å². The van der Waals surface area contributed by atoms with E-state index < -0.39 is 29.3 Å². The molecular weight excluding hydrogens is 327 g/mol. The number of alkyl halides is 5. The first kappa shape index (κ1) is 21.8. The van der Waals surface area contributed by atoms with Crippen LogP contribution in [0.4, 0.5) is 22.0 Å². The zero-order valence-electron chi connectivity index (χ0n) is 12.6. The van der Waals surface area contributed by atoms with Gasteiger partial charge in [0.2, 0.25) is 0 Å². The molecule has 0 spiro atoms. The number of hydrogen-bond donors (Lipinski definition) is 1. The lowest BCUT2D eigenvalue weighted by Crippen LogP contribution is -2.36. The first-order valence-corrected chi connectivity index (χ1v) is 9.10. The minimum absolute atomic E-state index is 0.109. The molecule has 0 rings (SSSR count). The van der Waals surface area contributed by atoms with Crippen molar-refractivity contribution in [1.82, 2.24) is 0 Å². The average Bonchev–Trinajstić information content (AvgIpc) is 2.40. The fourth-order valence-electron chi connectivity index (χ4n) is 1.96. The van der Waals surface area contributed by atoms with Crippen LogP contribution < -0.4 is 0 Å². The summed E-state index contributed by atoms with van der Waals surface area (Å²) < 4.78 is 72.5. The van der Waals surface area contributed by atoms with Gasteiger partial charge >= 0.3 is 12.1 Å². The molecule has 0 aliphatic rings. The molecule has 0 aromatic rings. The van der Waals surface area contributed by atoms with Crippen molar-refractivity contribution in [3.8, 4) is 0 Å². The molecule has 0 amide bonds. The Morgan fingerprint density at radius 3 is 1.68 bits per heavy atom. The monoisotopic (exact) mass is 352 g/mol. The molecule has 134 valence electrons. The average molecular weight is 352 g/mol. The molecule has 0 aliphatic carbocycles. The molecule has 0 aliphatic heterocycles. The minimum Gasteiger partial charge on any atom is -0.396 e. The van der Waals surface area contributed by atoms with Crippen molar-refractivity contribution in [2.75, 3.05) is 18.1 Å². The van der Waals surface area contributed by atoms with Crippen LogP contribution >= 0.6 is 0 Å². The minimum atomic E-state index is -5.52. The summed E-state index contributed by atoms with van der Waals surface area (Å²) in [6.07, 6.45) is -0.804. The Kier molecular flexibility index (Phi) is 11.2. The van der Waals surface area contributed by atoms with Gasteiger partial charge in [0.15, 0.2) is 0 Å². The second-order valence-electron chi connectivity index (χ2n) is 5.35. The van der Waals surface area contributed by atoms with Gasteiger partial charge in [-0.2, -0.15) is 22.0 Å². The number of unbranched alkanes of at least 4 members (excludes halogenated alkanes) is 6. The summed E-state index contributed by atoms with van der Waals surface area (Å²) in [6.45, 7) is 0.201. The smallest absolute Gasteiger partial charge is 0.396 e. The number of rotatable bonds is 13. The molecule has 0 aromatic carbocycles. The summed E-state index contributed by atoms with van der Waals surface area (Å²) in [5.41, 5.74) is 0. The van der Waals surface area contributed by atoms with Crippen LogP contribution in [0.5, 0.6) is 0 Å². The van der Waals surface area contributed by atoms with Crippen LogP contribution in [0.1, 0.15) is 57.8 Å². The van der Waals surface area contributed by atoms with Crippen LogP contribution in [0.15, 0.2) is 0 Å². The lowest BCUT2D eigenvalue weighted by molar-refractivity contribution is -0.284. The third-order valence-electron chi connectivity index (χ3n) is 3.31. The Balaban J connectivity index is 3.55. The topological polar surface area (TPSA) is 37.3 Å². The summed E-state index contributed by atoms with van der Waals surface area (Å²) >= 11 is 0. The van der Waals surface area contributed by atoms with Crippen LogP contribution in [0, 0.1) is 0 Å². The number of hydrogen-bond acceptors (Lipinski definition) is 2. The molecule has 1 atom stereocenters. The van der Waals surface area contributed by atoms with Gasteiger partial charge in [-0.3, -0.25) is 4.21 Å². The second-order valence-corrected chi connectivity index (χ2v) is 7.05. The lowest BCUT2D eigenvalue weighted by atomic mass is 10.1. The van der Waals surface area contributed by atoms with E-state index in [2.05, 4.69) is 0 Å². The summed E-state index contributed by atoms with van der Waals surface area (Å²) in [7, 11) is -1.33. The van der Waals surface area contributed by atoms with Crippen LogP contribution in [0.25, 0.3) is 0 Å². The van der Waals surface area contributed by atoms with E-state index in [0.29, 0.717) is 12.2 Å². The van der Waals surface area contributed by atoms with Gasteiger partial charge in [0.25, 0.3) is 0 Å². The molecule has 0 fully saturated rings. The Morgan fingerprint density at radius 2 is 1.18 bits per heavy atom. The first-order chi connectivity index (χ1) is 10.2. The molecule has 0 radical (unpaired) electrons. The van der Waals surface area contributed by atoms with Gasteiger partial charge in [-0.15, -0.1) is 0 Å². The maximum absolute atomic E-state index is 12.6. The van der Waals surface area contributed by atoms with Crippen molar-refractivity contribution in [3.05, 3.63) is 0 Å². The molecule has 0 bridgehead atoms. The number of aliphatic hydroxyl groups is 1. The van der Waals surface area contributed by atoms with E-state index >= 15 is 0 Å². The van der Waals surface area contributed by atoms with E-state index in [1.165, 1.54) is 0 Å². The van der Waals surface area contributed by atoms with Gasteiger partial charge in [0.1, 0.15) is 0 Å². The van der Waals surface area contributed by atoms with Crippen molar-refractivity contribution in [1.29, 1.82) is 0 Å². The fraction of sp³-hybridized carbons (Fsp3) is 1.00. The van der Waals surface area contributed by atoms with Gasteiger partial charge in [0, 0.05) is 35.3 Å². The molecule has 2 nitrogen and oxygen atoms in total. The van der Waals surface area contributed by atoms with Crippen LogP contribution in [0.3, 0.4) is 0 Å². The van der Waals surface area contributed by atoms with Gasteiger partial charge in [-0.1, -0.05) is 32.1 Å². The molecule has 0 aromatic heterocycles. The maximum Gasteiger partial charge on any atom is 0.453 e. The van der Waals surface area contributed by atoms with Crippen LogP contribution in [0.2, 0.25) is 0 Å². The molecule has 0 heterocycles. The molecule has 0 saturated heterocycles. The molecule has 22 heavy (non-hydrogen) atoms. The normalized spacial score (nSPS) is 14.3. The predicted molar refractivity (Wildman–Crippen MR) is 77.5 cm³/mol. The summed E-state index contributed by atoms with van der Waals surface area (Å²) in [4.78, 5) is 0. The highest BCUT2D eigenvalue weighted by Gasteiger charge is 2.56. The zero-order valence-corrected chi connectivity index (χ0v) is 13.5. The van der Waals surface area contributed by atoms with Crippen molar-refractivity contribution in [2.24, 2.45) is 0 Å². The highest BCUT2D eigenvalue weighted by Crippen LogP contribution is 2.38. The van der Waals surface area contributed by atoms with E-state index in [1.807, 2.05) is 0 Å². The van der Waals surface area contributed by atoms with E-state index in [-0.39, 0.29) is 18.8 Å². The molecular formula is C14H25F5O2S. The van der Waals surface area contributed by atoms with E-state index in [1.54, 1.807) is 0 Å². The molecule has 0 saturated carbocycles. The molecule has 1 unspecified atom stereocenters. The quantitative estimate of drug-likeness (QED) is 0.393. The number of halogens is 5. The second kappa shape index (κ2) is 11.3. The Bertz CT molecular complexity index is 308. The third kappa shape index (κ3) is 10.5. The maximum atomic E-state index is 12.6. The third-order valence-corrected chi connectivity index (χ3v) is 4.80. The number of aliphatic hydroxyl groups excluding tert-OH is 1. The van der Waals surface area contributed by atoms with Crippen molar-refractivity contribution in [2.45, 2.75) is 69.9 Å². The first-order valence-electron chi connectivity index (χ1n) is 7.61. The lowest BCUT2D eigenvalue weighted by Gasteiger charge is -2.19. The highest BCUT2D eigenvalue weighted by atomic mass is 32.2. The Labute approximate surface area is 130 Å². The predicted octanol–water partition coefficient (Wildman–Crippen LogP) is 4.44.